The monoisotopic (exact) mass is 376 g/mol. The van der Waals surface area contributed by atoms with E-state index < -0.39 is 6.04 Å². The minimum absolute atomic E-state index is 0. The van der Waals surface area contributed by atoms with Gasteiger partial charge in [0.25, 0.3) is 0 Å². The normalized spacial score (nSPS) is 17.3. The van der Waals surface area contributed by atoms with Crippen molar-refractivity contribution in [2.24, 2.45) is 5.73 Å². The molecule has 1 aliphatic carbocycles. The van der Waals surface area contributed by atoms with Crippen LogP contribution in [0.3, 0.4) is 0 Å². The highest BCUT2D eigenvalue weighted by Crippen LogP contribution is 2.43. The molecule has 3 N–H and O–H groups in total. The van der Waals surface area contributed by atoms with E-state index in [4.69, 9.17) is 10.5 Å². The Bertz CT molecular complexity index is 463. The highest BCUT2D eigenvalue weighted by atomic mass is 79.9. The number of amides is 1. The molecule has 1 saturated carbocycles. The van der Waals surface area contributed by atoms with Crippen LogP contribution >= 0.6 is 28.3 Å². The van der Waals surface area contributed by atoms with Gasteiger partial charge in [-0.3, -0.25) is 4.79 Å². The molecule has 1 atom stereocenters. The van der Waals surface area contributed by atoms with Crippen LogP contribution in [0, 0.1) is 0 Å². The molecule has 0 saturated heterocycles. The summed E-state index contributed by atoms with van der Waals surface area (Å²) < 4.78 is 5.97. The summed E-state index contributed by atoms with van der Waals surface area (Å²) >= 11 is 3.45. The first-order valence-electron chi connectivity index (χ1n) is 6.86. The minimum atomic E-state index is -0.595. The molecule has 2 rings (SSSR count). The lowest BCUT2D eigenvalue weighted by atomic mass is 9.64. The molecule has 4 nitrogen and oxygen atoms in total. The van der Waals surface area contributed by atoms with Gasteiger partial charge in [-0.1, -0.05) is 34.5 Å². The van der Waals surface area contributed by atoms with E-state index in [-0.39, 0.29) is 30.3 Å². The summed E-state index contributed by atoms with van der Waals surface area (Å²) in [6, 6.07) is 7.76. The van der Waals surface area contributed by atoms with E-state index in [2.05, 4.69) is 33.4 Å². The summed E-state index contributed by atoms with van der Waals surface area (Å²) in [6.07, 6.45) is 3.42. The number of hydrogen-bond acceptors (Lipinski definition) is 3. The van der Waals surface area contributed by atoms with E-state index in [1.165, 1.54) is 12.0 Å². The van der Waals surface area contributed by atoms with E-state index in [0.29, 0.717) is 6.54 Å². The highest BCUT2D eigenvalue weighted by molar-refractivity contribution is 9.10. The van der Waals surface area contributed by atoms with Crippen molar-refractivity contribution >= 4 is 34.2 Å². The Balaban J connectivity index is 0.00000220. The largest absolute Gasteiger partial charge is 0.383 e. The molecule has 0 radical (unpaired) electrons. The fourth-order valence-electron chi connectivity index (χ4n) is 2.62. The molecule has 1 aromatic carbocycles. The van der Waals surface area contributed by atoms with Crippen molar-refractivity contribution in [2.45, 2.75) is 30.7 Å². The lowest BCUT2D eigenvalue weighted by Gasteiger charge is -2.42. The van der Waals surface area contributed by atoms with Crippen molar-refractivity contribution in [1.82, 2.24) is 5.32 Å². The Kier molecular flexibility index (Phi) is 7.13. The molecule has 6 heteroatoms. The van der Waals surface area contributed by atoms with Crippen molar-refractivity contribution in [1.29, 1.82) is 0 Å². The number of ether oxygens (including phenoxy) is 1. The van der Waals surface area contributed by atoms with Crippen molar-refractivity contribution in [3.05, 3.63) is 34.3 Å². The van der Waals surface area contributed by atoms with Gasteiger partial charge in [0.2, 0.25) is 5.91 Å². The first kappa shape index (κ1) is 18.4. The number of hydrogen-bond donors (Lipinski definition) is 2. The fourth-order valence-corrected chi connectivity index (χ4v) is 2.88. The van der Waals surface area contributed by atoms with Crippen LogP contribution in [0.15, 0.2) is 28.7 Å². The van der Waals surface area contributed by atoms with Crippen LogP contribution in [0.4, 0.5) is 0 Å². The van der Waals surface area contributed by atoms with Crippen molar-refractivity contribution in [3.8, 4) is 0 Å². The molecular formula is C15H22BrClN2O2. The minimum Gasteiger partial charge on any atom is -0.383 e. The number of benzene rings is 1. The summed E-state index contributed by atoms with van der Waals surface area (Å²) in [5.41, 5.74) is 7.09. The Labute approximate surface area is 140 Å². The summed E-state index contributed by atoms with van der Waals surface area (Å²) in [4.78, 5) is 11.9. The molecule has 1 aliphatic rings. The van der Waals surface area contributed by atoms with Gasteiger partial charge in [0.15, 0.2) is 0 Å². The lowest BCUT2D eigenvalue weighted by Crippen LogP contribution is -2.50. The van der Waals surface area contributed by atoms with Crippen LogP contribution < -0.4 is 11.1 Å². The number of halogens is 2. The van der Waals surface area contributed by atoms with E-state index in [1.807, 2.05) is 12.1 Å². The maximum atomic E-state index is 11.9. The van der Waals surface area contributed by atoms with E-state index >= 15 is 0 Å². The van der Waals surface area contributed by atoms with Gasteiger partial charge in [0.05, 0.1) is 6.61 Å². The number of carbonyl (C=O) groups is 1. The average molecular weight is 378 g/mol. The van der Waals surface area contributed by atoms with Crippen molar-refractivity contribution < 1.29 is 9.53 Å². The molecule has 1 fully saturated rings. The Morgan fingerprint density at radius 2 is 2.05 bits per heavy atom. The van der Waals surface area contributed by atoms with Crippen LogP contribution in [0.5, 0.6) is 0 Å². The second-order valence-electron chi connectivity index (χ2n) is 5.42. The van der Waals surface area contributed by atoms with Gasteiger partial charge in [-0.25, -0.2) is 0 Å². The molecule has 0 aliphatic heterocycles. The van der Waals surface area contributed by atoms with Crippen LogP contribution in [-0.4, -0.2) is 32.2 Å². The zero-order valence-electron chi connectivity index (χ0n) is 12.1. The quantitative estimate of drug-likeness (QED) is 0.800. The summed E-state index contributed by atoms with van der Waals surface area (Å²) in [6.45, 7) is 0.891. The smallest absolute Gasteiger partial charge is 0.239 e. The van der Waals surface area contributed by atoms with E-state index in [1.54, 1.807) is 7.11 Å². The fraction of sp³-hybridized carbons (Fsp3) is 0.533. The van der Waals surface area contributed by atoms with Gasteiger partial charge in [-0.05, 0) is 30.5 Å². The molecule has 1 aromatic rings. The Hall–Kier alpha value is -0.620. The maximum Gasteiger partial charge on any atom is 0.239 e. The van der Waals surface area contributed by atoms with Crippen LogP contribution in [-0.2, 0) is 14.9 Å². The number of methoxy groups -OCH3 is 1. The van der Waals surface area contributed by atoms with Crippen LogP contribution in [0.25, 0.3) is 0 Å². The third-order valence-corrected chi connectivity index (χ3v) is 4.58. The SMILES string of the molecule is COCC(N)C(=O)NCC1(c2ccc(Br)cc2)CCC1.Cl. The molecule has 0 bridgehead atoms. The van der Waals surface area contributed by atoms with Gasteiger partial charge in [-0.2, -0.15) is 0 Å². The van der Waals surface area contributed by atoms with Crippen molar-refractivity contribution in [3.63, 3.8) is 0 Å². The average Bonchev–Trinajstić information content (AvgIpc) is 2.39. The first-order chi connectivity index (χ1) is 9.57. The Morgan fingerprint density at radius 1 is 1.43 bits per heavy atom. The third kappa shape index (κ3) is 4.42. The second kappa shape index (κ2) is 8.13. The predicted molar refractivity (Wildman–Crippen MR) is 89.8 cm³/mol. The number of nitrogens with two attached hydrogens (primary N) is 1. The molecule has 0 heterocycles. The zero-order valence-corrected chi connectivity index (χ0v) is 14.5. The zero-order chi connectivity index (χ0) is 14.6. The highest BCUT2D eigenvalue weighted by Gasteiger charge is 2.39. The van der Waals surface area contributed by atoms with Gasteiger partial charge in [0, 0.05) is 23.5 Å². The number of nitrogens with one attached hydrogen (secondary N) is 1. The molecule has 0 aromatic heterocycles. The van der Waals surface area contributed by atoms with Gasteiger partial charge in [0.1, 0.15) is 6.04 Å². The number of carbonyl (C=O) groups excluding carboxylic acids is 1. The molecular weight excluding hydrogens is 356 g/mol. The van der Waals surface area contributed by atoms with Gasteiger partial charge >= 0.3 is 0 Å². The third-order valence-electron chi connectivity index (χ3n) is 4.05. The standard InChI is InChI=1S/C15H21BrN2O2.ClH/c1-20-9-13(17)14(19)18-10-15(7-2-8-15)11-3-5-12(16)6-4-11;/h3-6,13H,2,7-10,17H2,1H3,(H,18,19);1H. The maximum absolute atomic E-state index is 11.9. The molecule has 1 unspecified atom stereocenters. The molecule has 0 spiro atoms. The van der Waals surface area contributed by atoms with Gasteiger partial charge in [-0.15, -0.1) is 12.4 Å². The second-order valence-corrected chi connectivity index (χ2v) is 6.34. The van der Waals surface area contributed by atoms with E-state index in [9.17, 15) is 4.79 Å². The number of rotatable bonds is 6. The molecule has 21 heavy (non-hydrogen) atoms. The topological polar surface area (TPSA) is 64.3 Å². The van der Waals surface area contributed by atoms with E-state index in [0.717, 1.165) is 17.3 Å². The summed E-state index contributed by atoms with van der Waals surface area (Å²) in [5.74, 6) is -0.143. The predicted octanol–water partition coefficient (Wildman–Crippen LogP) is 2.38. The van der Waals surface area contributed by atoms with Crippen LogP contribution in [0.2, 0.25) is 0 Å². The summed E-state index contributed by atoms with van der Waals surface area (Å²) in [7, 11) is 1.54. The van der Waals surface area contributed by atoms with Crippen LogP contribution in [0.1, 0.15) is 24.8 Å². The van der Waals surface area contributed by atoms with Gasteiger partial charge < -0.3 is 15.8 Å². The first-order valence-corrected chi connectivity index (χ1v) is 7.65. The molecule has 118 valence electrons. The van der Waals surface area contributed by atoms with Crippen molar-refractivity contribution in [2.75, 3.05) is 20.3 Å². The molecule has 1 amide bonds. The lowest BCUT2D eigenvalue weighted by molar-refractivity contribution is -0.123. The summed E-state index contributed by atoms with van der Waals surface area (Å²) in [5, 5.41) is 2.97. The Morgan fingerprint density at radius 3 is 2.52 bits per heavy atom.